The fraction of sp³-hybridized carbons (Fsp3) is 0.143. The maximum atomic E-state index is 8.96. The highest BCUT2D eigenvalue weighted by molar-refractivity contribution is 5.71. The van der Waals surface area contributed by atoms with E-state index in [9.17, 15) is 0 Å². The zero-order valence-corrected chi connectivity index (χ0v) is 11.2. The van der Waals surface area contributed by atoms with Gasteiger partial charge < -0.3 is 14.9 Å². The van der Waals surface area contributed by atoms with E-state index in [2.05, 4.69) is 10.4 Å². The smallest absolute Gasteiger partial charge is 0.158 e. The molecule has 0 amide bonds. The third-order valence-corrected chi connectivity index (χ3v) is 2.84. The van der Waals surface area contributed by atoms with Crippen molar-refractivity contribution in [3.8, 4) is 28.8 Å². The van der Waals surface area contributed by atoms with Crippen LogP contribution in [0.5, 0.6) is 11.5 Å². The van der Waals surface area contributed by atoms with Gasteiger partial charge in [-0.15, -0.1) is 0 Å². The molecule has 0 saturated heterocycles. The van der Waals surface area contributed by atoms with E-state index >= 15 is 0 Å². The molecule has 2 aromatic rings. The fourth-order valence-electron chi connectivity index (χ4n) is 1.82. The first-order chi connectivity index (χ1) is 9.73. The number of ether oxygens (including phenoxy) is 2. The van der Waals surface area contributed by atoms with Gasteiger partial charge in [0.1, 0.15) is 17.6 Å². The Morgan fingerprint density at radius 2 is 2.00 bits per heavy atom. The largest absolute Gasteiger partial charge is 0.497 e. The maximum absolute atomic E-state index is 8.96. The lowest BCUT2D eigenvalue weighted by molar-refractivity contribution is 0.404. The standard InChI is InChI=1S/C14H14N4O2/c1-19-10-4-6-13(20-2)11(7-10)12-5-3-9(8-15)14(17-12)18-16/h3-7H,16H2,1-2H3,(H,17,18). The summed E-state index contributed by atoms with van der Waals surface area (Å²) in [5.41, 5.74) is 4.18. The van der Waals surface area contributed by atoms with E-state index in [0.29, 0.717) is 28.6 Å². The SMILES string of the molecule is COc1ccc(OC)c(-c2ccc(C#N)c(NN)n2)c1. The quantitative estimate of drug-likeness (QED) is 0.651. The number of nitrogens with two attached hydrogens (primary N) is 1. The number of nitriles is 1. The van der Waals surface area contributed by atoms with Crippen LogP contribution in [0.3, 0.4) is 0 Å². The number of benzene rings is 1. The van der Waals surface area contributed by atoms with E-state index in [4.69, 9.17) is 20.6 Å². The Bertz CT molecular complexity index is 665. The molecule has 0 aliphatic heterocycles. The summed E-state index contributed by atoms with van der Waals surface area (Å²) in [7, 11) is 3.17. The lowest BCUT2D eigenvalue weighted by atomic mass is 10.1. The molecule has 0 saturated carbocycles. The fourth-order valence-corrected chi connectivity index (χ4v) is 1.82. The molecule has 1 aromatic carbocycles. The Kier molecular flexibility index (Phi) is 4.03. The molecule has 20 heavy (non-hydrogen) atoms. The van der Waals surface area contributed by atoms with Crippen LogP contribution in [0, 0.1) is 11.3 Å². The van der Waals surface area contributed by atoms with E-state index in [0.717, 1.165) is 5.56 Å². The van der Waals surface area contributed by atoms with Crippen LogP contribution in [0.4, 0.5) is 5.82 Å². The number of nitrogens with one attached hydrogen (secondary N) is 1. The predicted molar refractivity (Wildman–Crippen MR) is 75.3 cm³/mol. The average molecular weight is 270 g/mol. The molecular formula is C14H14N4O2. The molecule has 6 nitrogen and oxygen atoms in total. The lowest BCUT2D eigenvalue weighted by Gasteiger charge is -2.11. The van der Waals surface area contributed by atoms with Crippen LogP contribution >= 0.6 is 0 Å². The third kappa shape index (κ3) is 2.48. The van der Waals surface area contributed by atoms with Crippen LogP contribution in [0.25, 0.3) is 11.3 Å². The maximum Gasteiger partial charge on any atom is 0.158 e. The molecule has 0 atom stereocenters. The molecule has 2 rings (SSSR count). The number of anilines is 1. The molecule has 0 aliphatic rings. The van der Waals surface area contributed by atoms with Gasteiger partial charge in [0.25, 0.3) is 0 Å². The Hall–Kier alpha value is -2.78. The number of methoxy groups -OCH3 is 2. The number of pyridine rings is 1. The zero-order valence-electron chi connectivity index (χ0n) is 11.2. The van der Waals surface area contributed by atoms with Crippen molar-refractivity contribution < 1.29 is 9.47 Å². The molecule has 0 unspecified atom stereocenters. The molecule has 0 fully saturated rings. The summed E-state index contributed by atoms with van der Waals surface area (Å²) >= 11 is 0. The summed E-state index contributed by atoms with van der Waals surface area (Å²) < 4.78 is 10.5. The molecule has 1 aromatic heterocycles. The van der Waals surface area contributed by atoms with Crippen molar-refractivity contribution in [2.45, 2.75) is 0 Å². The van der Waals surface area contributed by atoms with Gasteiger partial charge in [-0.05, 0) is 30.3 Å². The van der Waals surface area contributed by atoms with Gasteiger partial charge in [-0.3, -0.25) is 0 Å². The van der Waals surface area contributed by atoms with Gasteiger partial charge in [0, 0.05) is 5.56 Å². The van der Waals surface area contributed by atoms with Gasteiger partial charge in [0.2, 0.25) is 0 Å². The average Bonchev–Trinajstić information content (AvgIpc) is 2.53. The molecule has 1 heterocycles. The number of hydrogen-bond donors (Lipinski definition) is 2. The van der Waals surface area contributed by atoms with Gasteiger partial charge in [-0.1, -0.05) is 0 Å². The summed E-state index contributed by atoms with van der Waals surface area (Å²) in [6.45, 7) is 0. The second-order valence-corrected chi connectivity index (χ2v) is 3.92. The number of nitrogens with zero attached hydrogens (tertiary/aromatic N) is 2. The van der Waals surface area contributed by atoms with Crippen molar-refractivity contribution in [1.29, 1.82) is 5.26 Å². The van der Waals surface area contributed by atoms with Crippen LogP contribution in [-0.4, -0.2) is 19.2 Å². The number of hydrazine groups is 1. The normalized spacial score (nSPS) is 9.70. The van der Waals surface area contributed by atoms with E-state index in [1.165, 1.54) is 0 Å². The first kappa shape index (κ1) is 13.6. The first-order valence-electron chi connectivity index (χ1n) is 5.83. The first-order valence-corrected chi connectivity index (χ1v) is 5.83. The topological polar surface area (TPSA) is 93.2 Å². The molecule has 3 N–H and O–H groups in total. The summed E-state index contributed by atoms with van der Waals surface area (Å²) in [4.78, 5) is 4.32. The van der Waals surface area contributed by atoms with Crippen LogP contribution in [0.1, 0.15) is 5.56 Å². The Morgan fingerprint density at radius 1 is 1.20 bits per heavy atom. The van der Waals surface area contributed by atoms with Gasteiger partial charge in [0.05, 0.1) is 25.5 Å². The third-order valence-electron chi connectivity index (χ3n) is 2.84. The second kappa shape index (κ2) is 5.91. The van der Waals surface area contributed by atoms with Crippen molar-refractivity contribution in [2.75, 3.05) is 19.6 Å². The molecule has 0 bridgehead atoms. The summed E-state index contributed by atoms with van der Waals surface area (Å²) in [5, 5.41) is 8.96. The van der Waals surface area contributed by atoms with Crippen molar-refractivity contribution in [1.82, 2.24) is 4.98 Å². The van der Waals surface area contributed by atoms with Crippen LogP contribution in [0.2, 0.25) is 0 Å². The molecule has 6 heteroatoms. The minimum Gasteiger partial charge on any atom is -0.497 e. The number of hydrogen-bond acceptors (Lipinski definition) is 6. The minimum absolute atomic E-state index is 0.315. The molecular weight excluding hydrogens is 256 g/mol. The Balaban J connectivity index is 2.58. The number of rotatable bonds is 4. The predicted octanol–water partition coefficient (Wildman–Crippen LogP) is 1.92. The van der Waals surface area contributed by atoms with Gasteiger partial charge in [-0.2, -0.15) is 5.26 Å². The van der Waals surface area contributed by atoms with Crippen molar-refractivity contribution >= 4 is 5.82 Å². The van der Waals surface area contributed by atoms with Gasteiger partial charge in [0.15, 0.2) is 5.82 Å². The van der Waals surface area contributed by atoms with Crippen molar-refractivity contribution in [2.24, 2.45) is 5.84 Å². The Labute approximate surface area is 116 Å². The van der Waals surface area contributed by atoms with E-state index in [1.54, 1.807) is 38.5 Å². The van der Waals surface area contributed by atoms with E-state index in [-0.39, 0.29) is 0 Å². The van der Waals surface area contributed by atoms with Crippen LogP contribution < -0.4 is 20.7 Å². The van der Waals surface area contributed by atoms with Gasteiger partial charge in [-0.25, -0.2) is 10.8 Å². The monoisotopic (exact) mass is 270 g/mol. The summed E-state index contributed by atoms with van der Waals surface area (Å²) in [6.07, 6.45) is 0. The highest BCUT2D eigenvalue weighted by Gasteiger charge is 2.11. The molecule has 0 spiro atoms. The van der Waals surface area contributed by atoms with E-state index in [1.807, 2.05) is 12.1 Å². The number of aromatic nitrogens is 1. The molecule has 0 aliphatic carbocycles. The highest BCUT2D eigenvalue weighted by atomic mass is 16.5. The molecule has 102 valence electrons. The van der Waals surface area contributed by atoms with Crippen LogP contribution in [0.15, 0.2) is 30.3 Å². The zero-order chi connectivity index (χ0) is 14.5. The van der Waals surface area contributed by atoms with Gasteiger partial charge >= 0.3 is 0 Å². The Morgan fingerprint density at radius 3 is 2.60 bits per heavy atom. The molecule has 0 radical (unpaired) electrons. The summed E-state index contributed by atoms with van der Waals surface area (Å²) in [5.74, 6) is 7.04. The second-order valence-electron chi connectivity index (χ2n) is 3.92. The van der Waals surface area contributed by atoms with Crippen LogP contribution in [-0.2, 0) is 0 Å². The minimum atomic E-state index is 0.315. The van der Waals surface area contributed by atoms with Crippen molar-refractivity contribution in [3.63, 3.8) is 0 Å². The highest BCUT2D eigenvalue weighted by Crippen LogP contribution is 2.33. The summed E-state index contributed by atoms with van der Waals surface area (Å²) in [6, 6.07) is 10.8. The number of nitrogen functional groups attached to an aromatic ring is 1. The van der Waals surface area contributed by atoms with E-state index < -0.39 is 0 Å². The van der Waals surface area contributed by atoms with Crippen molar-refractivity contribution in [3.05, 3.63) is 35.9 Å². The lowest BCUT2D eigenvalue weighted by Crippen LogP contribution is -2.10.